The average Bonchev–Trinajstić information content (AvgIpc) is 1.79. The van der Waals surface area contributed by atoms with Gasteiger partial charge in [0.25, 0.3) is 0 Å². The van der Waals surface area contributed by atoms with Crippen molar-refractivity contribution in [3.63, 3.8) is 0 Å². The molecule has 0 saturated heterocycles. The van der Waals surface area contributed by atoms with Crippen molar-refractivity contribution >= 4 is 34.0 Å². The van der Waals surface area contributed by atoms with E-state index >= 15 is 0 Å². The van der Waals surface area contributed by atoms with Gasteiger partial charge in [0.2, 0.25) is 0 Å². The van der Waals surface area contributed by atoms with E-state index in [9.17, 15) is 0 Å². The first-order valence-corrected chi connectivity index (χ1v) is 3.92. The van der Waals surface area contributed by atoms with E-state index in [2.05, 4.69) is 38.0 Å². The summed E-state index contributed by atoms with van der Waals surface area (Å²) >= 11 is 0. The van der Waals surface area contributed by atoms with Crippen LogP contribution in [0.3, 0.4) is 0 Å². The van der Waals surface area contributed by atoms with E-state index in [1.54, 1.807) is 0 Å². The van der Waals surface area contributed by atoms with Crippen LogP contribution >= 0.6 is 34.0 Å². The lowest BCUT2D eigenvalue weighted by atomic mass is 10.3. The molecule has 0 saturated carbocycles. The van der Waals surface area contributed by atoms with Crippen molar-refractivity contribution in [3.05, 3.63) is 0 Å². The van der Waals surface area contributed by atoms with Gasteiger partial charge < -0.3 is 9.80 Å². The molecule has 12 heavy (non-hydrogen) atoms. The second-order valence-corrected chi connectivity index (χ2v) is 3.31. The molecule has 0 heterocycles. The van der Waals surface area contributed by atoms with Gasteiger partial charge in [-0.15, -0.1) is 34.0 Å². The highest BCUT2D eigenvalue weighted by atomic mass is 79.9. The number of hydrogen-bond acceptors (Lipinski definition) is 2. The van der Waals surface area contributed by atoms with E-state index in [1.165, 1.54) is 25.9 Å². The molecule has 0 spiro atoms. The molecule has 0 aromatic carbocycles. The first-order chi connectivity index (χ1) is 4.63. The average molecular weight is 306 g/mol. The summed E-state index contributed by atoms with van der Waals surface area (Å²) in [4.78, 5) is 4.46. The standard InChI is InChI=1S/C8H20N2.2BrH/c1-9(2)7-5-6-8-10(3)4;;/h5-8H2,1-4H3;2*1H. The van der Waals surface area contributed by atoms with E-state index in [0.29, 0.717) is 0 Å². The van der Waals surface area contributed by atoms with Gasteiger partial charge in [0.05, 0.1) is 0 Å². The molecule has 0 aromatic heterocycles. The van der Waals surface area contributed by atoms with Crippen molar-refractivity contribution in [1.82, 2.24) is 9.80 Å². The molecule has 0 unspecified atom stereocenters. The Morgan fingerprint density at radius 2 is 0.917 bits per heavy atom. The highest BCUT2D eigenvalue weighted by Gasteiger charge is 1.91. The number of unbranched alkanes of at least 4 members (excludes halogenated alkanes) is 1. The van der Waals surface area contributed by atoms with Crippen LogP contribution in [0.15, 0.2) is 0 Å². The Kier molecular flexibility index (Phi) is 18.4. The van der Waals surface area contributed by atoms with Crippen molar-refractivity contribution in [2.24, 2.45) is 0 Å². The third-order valence-electron chi connectivity index (χ3n) is 1.46. The quantitative estimate of drug-likeness (QED) is 0.717. The number of hydrogen-bond donors (Lipinski definition) is 0. The molecule has 0 atom stereocenters. The minimum absolute atomic E-state index is 0. The third kappa shape index (κ3) is 17.1. The van der Waals surface area contributed by atoms with Crippen LogP contribution in [0.5, 0.6) is 0 Å². The maximum atomic E-state index is 2.23. The molecule has 0 radical (unpaired) electrons. The summed E-state index contributed by atoms with van der Waals surface area (Å²) in [6.45, 7) is 2.43. The molecule has 78 valence electrons. The van der Waals surface area contributed by atoms with Gasteiger partial charge >= 0.3 is 0 Å². The molecule has 0 bridgehead atoms. The molecule has 2 nitrogen and oxygen atoms in total. The second-order valence-electron chi connectivity index (χ2n) is 3.31. The lowest BCUT2D eigenvalue weighted by Gasteiger charge is -2.11. The van der Waals surface area contributed by atoms with E-state index < -0.39 is 0 Å². The molecule has 0 aliphatic rings. The molecule has 0 aliphatic carbocycles. The van der Waals surface area contributed by atoms with Crippen molar-refractivity contribution in [3.8, 4) is 0 Å². The zero-order chi connectivity index (χ0) is 7.98. The Hall–Kier alpha value is 0.880. The van der Waals surface area contributed by atoms with Crippen LogP contribution in [0.25, 0.3) is 0 Å². The van der Waals surface area contributed by atoms with Crippen molar-refractivity contribution < 1.29 is 0 Å². The minimum Gasteiger partial charge on any atom is -0.309 e. The molecular formula is C8H22Br2N2. The van der Waals surface area contributed by atoms with Crippen LogP contribution in [-0.2, 0) is 0 Å². The van der Waals surface area contributed by atoms with Gasteiger partial charge in [0.1, 0.15) is 0 Å². The highest BCUT2D eigenvalue weighted by molar-refractivity contribution is 8.93. The van der Waals surface area contributed by atoms with Crippen molar-refractivity contribution in [1.29, 1.82) is 0 Å². The van der Waals surface area contributed by atoms with E-state index in [4.69, 9.17) is 0 Å². The summed E-state index contributed by atoms with van der Waals surface area (Å²) < 4.78 is 0. The van der Waals surface area contributed by atoms with Gasteiger partial charge in [-0.2, -0.15) is 0 Å². The first-order valence-electron chi connectivity index (χ1n) is 3.92. The topological polar surface area (TPSA) is 6.48 Å². The maximum Gasteiger partial charge on any atom is -0.00244 e. The van der Waals surface area contributed by atoms with E-state index in [0.717, 1.165) is 0 Å². The van der Waals surface area contributed by atoms with Crippen LogP contribution in [0.2, 0.25) is 0 Å². The monoisotopic (exact) mass is 304 g/mol. The Morgan fingerprint density at radius 1 is 0.667 bits per heavy atom. The van der Waals surface area contributed by atoms with Crippen molar-refractivity contribution in [2.45, 2.75) is 12.8 Å². The lowest BCUT2D eigenvalue weighted by molar-refractivity contribution is 0.354. The van der Waals surface area contributed by atoms with Crippen LogP contribution in [0, 0.1) is 0 Å². The highest BCUT2D eigenvalue weighted by Crippen LogP contribution is 1.91. The zero-order valence-electron chi connectivity index (χ0n) is 8.54. The third-order valence-corrected chi connectivity index (χ3v) is 1.46. The van der Waals surface area contributed by atoms with Gasteiger partial charge in [0, 0.05) is 0 Å². The fraction of sp³-hybridized carbons (Fsp3) is 1.00. The molecule has 0 aliphatic heterocycles. The Bertz CT molecular complexity index is 67.5. The fourth-order valence-corrected chi connectivity index (χ4v) is 0.856. The maximum absolute atomic E-state index is 2.23. The van der Waals surface area contributed by atoms with Crippen LogP contribution in [0.1, 0.15) is 12.8 Å². The molecular weight excluding hydrogens is 284 g/mol. The van der Waals surface area contributed by atoms with Gasteiger partial charge in [-0.1, -0.05) is 0 Å². The summed E-state index contributed by atoms with van der Waals surface area (Å²) in [6.07, 6.45) is 2.62. The SMILES string of the molecule is Br.Br.CN(C)CCCCN(C)C. The lowest BCUT2D eigenvalue weighted by Crippen LogP contribution is -2.17. The van der Waals surface area contributed by atoms with Crippen LogP contribution in [-0.4, -0.2) is 51.1 Å². The summed E-state index contributed by atoms with van der Waals surface area (Å²) in [5.74, 6) is 0. The second kappa shape index (κ2) is 11.9. The molecule has 0 amide bonds. The largest absolute Gasteiger partial charge is 0.309 e. The summed E-state index contributed by atoms with van der Waals surface area (Å²) in [5, 5.41) is 0. The van der Waals surface area contributed by atoms with Gasteiger partial charge in [-0.05, 0) is 54.1 Å². The fourth-order valence-electron chi connectivity index (χ4n) is 0.856. The summed E-state index contributed by atoms with van der Waals surface area (Å²) in [5.41, 5.74) is 0. The molecule has 0 fully saturated rings. The summed E-state index contributed by atoms with van der Waals surface area (Å²) in [7, 11) is 8.48. The normalized spacial score (nSPS) is 9.50. The van der Waals surface area contributed by atoms with Crippen molar-refractivity contribution in [2.75, 3.05) is 41.3 Å². The van der Waals surface area contributed by atoms with E-state index in [1.807, 2.05) is 0 Å². The van der Waals surface area contributed by atoms with Gasteiger partial charge in [-0.25, -0.2) is 0 Å². The molecule has 0 N–H and O–H groups in total. The Labute approximate surface area is 97.8 Å². The molecule has 4 heteroatoms. The zero-order valence-corrected chi connectivity index (χ0v) is 12.0. The predicted octanol–water partition coefficient (Wildman–Crippen LogP) is 2.05. The predicted molar refractivity (Wildman–Crippen MR) is 67.0 cm³/mol. The first kappa shape index (κ1) is 18.6. The Balaban J connectivity index is -0.000000405. The minimum atomic E-state index is 0. The molecule has 0 aromatic rings. The smallest absolute Gasteiger partial charge is 0.00244 e. The number of halogens is 2. The van der Waals surface area contributed by atoms with Gasteiger partial charge in [0.15, 0.2) is 0 Å². The Morgan fingerprint density at radius 3 is 1.08 bits per heavy atom. The summed E-state index contributed by atoms with van der Waals surface area (Å²) in [6, 6.07) is 0. The van der Waals surface area contributed by atoms with E-state index in [-0.39, 0.29) is 34.0 Å². The van der Waals surface area contributed by atoms with Crippen LogP contribution < -0.4 is 0 Å². The van der Waals surface area contributed by atoms with Gasteiger partial charge in [-0.3, -0.25) is 0 Å². The number of nitrogens with zero attached hydrogens (tertiary/aromatic N) is 2. The number of rotatable bonds is 5. The van der Waals surface area contributed by atoms with Crippen LogP contribution in [0.4, 0.5) is 0 Å². The molecule has 0 rings (SSSR count).